The summed E-state index contributed by atoms with van der Waals surface area (Å²) in [5, 5.41) is 3.87. The van der Waals surface area contributed by atoms with E-state index in [9.17, 15) is 4.39 Å². The average molecular weight is 357 g/mol. The molecule has 0 bridgehead atoms. The fourth-order valence-corrected chi connectivity index (χ4v) is 2.37. The monoisotopic (exact) mass is 356 g/mol. The van der Waals surface area contributed by atoms with Crippen molar-refractivity contribution in [3.63, 3.8) is 0 Å². The van der Waals surface area contributed by atoms with Crippen LogP contribution in [-0.2, 0) is 0 Å². The molecule has 21 heavy (non-hydrogen) atoms. The number of benzene rings is 1. The van der Waals surface area contributed by atoms with Crippen LogP contribution in [0, 0.1) is 5.82 Å². The number of halogens is 2. The summed E-state index contributed by atoms with van der Waals surface area (Å²) in [6.45, 7) is 6.56. The highest BCUT2D eigenvalue weighted by molar-refractivity contribution is 9.10. The molecule has 0 saturated heterocycles. The fraction of sp³-hybridized carbons (Fsp3) is 0.429. The van der Waals surface area contributed by atoms with E-state index < -0.39 is 5.82 Å². The van der Waals surface area contributed by atoms with Crippen LogP contribution in [0.5, 0.6) is 0 Å². The molecule has 7 heteroatoms. The van der Waals surface area contributed by atoms with Crippen LogP contribution >= 0.6 is 15.9 Å². The first kappa shape index (κ1) is 16.1. The van der Waals surface area contributed by atoms with Crippen molar-refractivity contribution >= 4 is 15.9 Å². The molecule has 0 aliphatic heterocycles. The lowest BCUT2D eigenvalue weighted by Gasteiger charge is -2.20. The molecule has 0 radical (unpaired) electrons. The normalized spacial score (nSPS) is 12.9. The van der Waals surface area contributed by atoms with Gasteiger partial charge >= 0.3 is 0 Å². The zero-order valence-corrected chi connectivity index (χ0v) is 13.6. The summed E-state index contributed by atoms with van der Waals surface area (Å²) in [6, 6.07) is 4.55. The summed E-state index contributed by atoms with van der Waals surface area (Å²) in [5.74, 6) is 0.0973. The van der Waals surface area contributed by atoms with Crippen LogP contribution in [0.2, 0.25) is 0 Å². The van der Waals surface area contributed by atoms with Gasteiger partial charge in [0, 0.05) is 6.54 Å². The summed E-state index contributed by atoms with van der Waals surface area (Å²) in [6.07, 6.45) is 0. The Morgan fingerprint density at radius 1 is 1.38 bits per heavy atom. The van der Waals surface area contributed by atoms with E-state index in [1.54, 1.807) is 18.2 Å². The van der Waals surface area contributed by atoms with E-state index in [4.69, 9.17) is 10.3 Å². The second kappa shape index (κ2) is 7.11. The number of rotatable bonds is 6. The van der Waals surface area contributed by atoms with Gasteiger partial charge in [0.1, 0.15) is 5.82 Å². The van der Waals surface area contributed by atoms with E-state index >= 15 is 0 Å². The molecule has 0 fully saturated rings. The Kier molecular flexibility index (Phi) is 5.44. The molecule has 0 aliphatic carbocycles. The van der Waals surface area contributed by atoms with E-state index in [0.29, 0.717) is 16.8 Å². The second-order valence-corrected chi connectivity index (χ2v) is 5.51. The van der Waals surface area contributed by atoms with E-state index in [1.165, 1.54) is 0 Å². The summed E-state index contributed by atoms with van der Waals surface area (Å²) < 4.78 is 19.5. The average Bonchev–Trinajstić information content (AvgIpc) is 2.97. The van der Waals surface area contributed by atoms with Crippen molar-refractivity contribution < 1.29 is 8.91 Å². The Morgan fingerprint density at radius 2 is 2.10 bits per heavy atom. The van der Waals surface area contributed by atoms with Crippen LogP contribution in [0.25, 0.3) is 11.5 Å². The van der Waals surface area contributed by atoms with Gasteiger partial charge in [-0.1, -0.05) is 25.1 Å². The molecule has 5 nitrogen and oxygen atoms in total. The van der Waals surface area contributed by atoms with Crippen LogP contribution in [0.4, 0.5) is 4.39 Å². The SMILES string of the molecule is CCN(CC)CC(N)c1noc(-c2cccc(Br)c2F)n1. The molecular weight excluding hydrogens is 339 g/mol. The zero-order chi connectivity index (χ0) is 15.4. The number of hydrogen-bond acceptors (Lipinski definition) is 5. The second-order valence-electron chi connectivity index (χ2n) is 4.65. The van der Waals surface area contributed by atoms with Crippen LogP contribution in [-0.4, -0.2) is 34.7 Å². The van der Waals surface area contributed by atoms with Gasteiger partial charge in [0.25, 0.3) is 5.89 Å². The first-order valence-electron chi connectivity index (χ1n) is 6.82. The van der Waals surface area contributed by atoms with Gasteiger partial charge in [-0.2, -0.15) is 4.98 Å². The molecule has 1 atom stereocenters. The summed E-state index contributed by atoms with van der Waals surface area (Å²) in [7, 11) is 0. The van der Waals surface area contributed by atoms with Crippen molar-refractivity contribution in [3.05, 3.63) is 34.3 Å². The van der Waals surface area contributed by atoms with Crippen LogP contribution in [0.3, 0.4) is 0 Å². The maximum Gasteiger partial charge on any atom is 0.260 e. The lowest BCUT2D eigenvalue weighted by molar-refractivity contribution is 0.278. The lowest BCUT2D eigenvalue weighted by Crippen LogP contribution is -2.32. The van der Waals surface area contributed by atoms with Gasteiger partial charge in [-0.3, -0.25) is 0 Å². The predicted octanol–water partition coefficient (Wildman–Crippen LogP) is 2.98. The van der Waals surface area contributed by atoms with Gasteiger partial charge in [-0.25, -0.2) is 4.39 Å². The molecule has 1 heterocycles. The molecule has 0 saturated carbocycles. The number of nitrogens with zero attached hydrogens (tertiary/aromatic N) is 3. The fourth-order valence-electron chi connectivity index (χ4n) is 2.01. The quantitative estimate of drug-likeness (QED) is 0.861. The number of aromatic nitrogens is 2. The van der Waals surface area contributed by atoms with E-state index in [-0.39, 0.29) is 17.5 Å². The molecule has 0 amide bonds. The van der Waals surface area contributed by atoms with Gasteiger partial charge in [-0.15, -0.1) is 0 Å². The third-order valence-corrected chi connectivity index (χ3v) is 3.92. The minimum atomic E-state index is -0.426. The number of hydrogen-bond donors (Lipinski definition) is 1. The molecule has 2 N–H and O–H groups in total. The number of likely N-dealkylation sites (N-methyl/N-ethyl adjacent to an activating group) is 1. The Morgan fingerprint density at radius 3 is 2.76 bits per heavy atom. The van der Waals surface area contributed by atoms with Crippen molar-refractivity contribution in [1.29, 1.82) is 0 Å². The van der Waals surface area contributed by atoms with Gasteiger partial charge in [-0.05, 0) is 41.2 Å². The molecule has 1 aromatic heterocycles. The summed E-state index contributed by atoms with van der Waals surface area (Å²) >= 11 is 3.13. The maximum atomic E-state index is 14.0. The van der Waals surface area contributed by atoms with Gasteiger partial charge < -0.3 is 15.2 Å². The van der Waals surface area contributed by atoms with Crippen molar-refractivity contribution in [2.75, 3.05) is 19.6 Å². The molecule has 114 valence electrons. The third kappa shape index (κ3) is 3.66. The Bertz CT molecular complexity index is 600. The summed E-state index contributed by atoms with van der Waals surface area (Å²) in [4.78, 5) is 6.38. The Labute approximate surface area is 131 Å². The Balaban J connectivity index is 2.19. The lowest BCUT2D eigenvalue weighted by atomic mass is 10.2. The van der Waals surface area contributed by atoms with Crippen LogP contribution in [0.1, 0.15) is 25.7 Å². The number of nitrogens with two attached hydrogens (primary N) is 1. The van der Waals surface area contributed by atoms with Crippen molar-refractivity contribution in [1.82, 2.24) is 15.0 Å². The molecule has 2 rings (SSSR count). The smallest absolute Gasteiger partial charge is 0.260 e. The molecule has 1 aromatic carbocycles. The molecule has 0 spiro atoms. The molecular formula is C14H18BrFN4O. The van der Waals surface area contributed by atoms with Gasteiger partial charge in [0.2, 0.25) is 0 Å². The minimum absolute atomic E-state index is 0.138. The highest BCUT2D eigenvalue weighted by atomic mass is 79.9. The highest BCUT2D eigenvalue weighted by Crippen LogP contribution is 2.27. The van der Waals surface area contributed by atoms with E-state index in [2.05, 4.69) is 44.8 Å². The van der Waals surface area contributed by atoms with Gasteiger partial charge in [0.15, 0.2) is 5.82 Å². The van der Waals surface area contributed by atoms with Crippen molar-refractivity contribution in [2.45, 2.75) is 19.9 Å². The van der Waals surface area contributed by atoms with Crippen LogP contribution in [0.15, 0.2) is 27.2 Å². The van der Waals surface area contributed by atoms with Crippen LogP contribution < -0.4 is 5.73 Å². The first-order valence-corrected chi connectivity index (χ1v) is 7.62. The topological polar surface area (TPSA) is 68.2 Å². The van der Waals surface area contributed by atoms with Gasteiger partial charge in [0.05, 0.1) is 16.1 Å². The Hall–Kier alpha value is -1.31. The van der Waals surface area contributed by atoms with E-state index in [1.807, 2.05) is 0 Å². The zero-order valence-electron chi connectivity index (χ0n) is 12.0. The largest absolute Gasteiger partial charge is 0.334 e. The molecule has 0 aliphatic rings. The van der Waals surface area contributed by atoms with E-state index in [0.717, 1.165) is 13.1 Å². The summed E-state index contributed by atoms with van der Waals surface area (Å²) in [5.41, 5.74) is 6.34. The minimum Gasteiger partial charge on any atom is -0.334 e. The van der Waals surface area contributed by atoms with Crippen molar-refractivity contribution in [2.24, 2.45) is 5.73 Å². The molecule has 1 unspecified atom stereocenters. The first-order chi connectivity index (χ1) is 10.1. The molecule has 2 aromatic rings. The van der Waals surface area contributed by atoms with Crippen molar-refractivity contribution in [3.8, 4) is 11.5 Å². The third-order valence-electron chi connectivity index (χ3n) is 3.30. The maximum absolute atomic E-state index is 14.0. The standard InChI is InChI=1S/C14H18BrFN4O/c1-3-20(4-2)8-11(17)13-18-14(21-19-13)9-6-5-7-10(15)12(9)16/h5-7,11H,3-4,8,17H2,1-2H3. The predicted molar refractivity (Wildman–Crippen MR) is 82.1 cm³/mol. The highest BCUT2D eigenvalue weighted by Gasteiger charge is 2.19.